The fraction of sp³-hybridized carbons (Fsp3) is 0.0833. The number of nitrogens with one attached hydrogen (secondary N) is 1. The highest BCUT2D eigenvalue weighted by atomic mass is 32.1. The van der Waals surface area contributed by atoms with Crippen molar-refractivity contribution in [2.24, 2.45) is 5.16 Å². The highest BCUT2D eigenvalue weighted by Crippen LogP contribution is 2.17. The third-order valence-corrected chi connectivity index (χ3v) is 3.09. The minimum atomic E-state index is -0.476. The summed E-state index contributed by atoms with van der Waals surface area (Å²) in [6.45, 7) is 1.59. The highest BCUT2D eigenvalue weighted by molar-refractivity contribution is 7.14. The topological polar surface area (TPSA) is 74.6 Å². The average Bonchev–Trinajstić information content (AvgIpc) is 2.86. The van der Waals surface area contributed by atoms with Crippen LogP contribution in [0.25, 0.3) is 0 Å². The lowest BCUT2D eigenvalue weighted by Gasteiger charge is -2.01. The van der Waals surface area contributed by atoms with Crippen LogP contribution >= 0.6 is 11.3 Å². The number of thiazole rings is 1. The van der Waals surface area contributed by atoms with Crippen molar-refractivity contribution in [3.63, 3.8) is 0 Å². The van der Waals surface area contributed by atoms with Gasteiger partial charge < -0.3 is 5.21 Å². The van der Waals surface area contributed by atoms with E-state index in [9.17, 15) is 9.18 Å². The van der Waals surface area contributed by atoms with Crippen LogP contribution in [0, 0.1) is 5.82 Å². The van der Waals surface area contributed by atoms with E-state index in [1.165, 1.54) is 29.5 Å². The zero-order valence-electron chi connectivity index (χ0n) is 9.92. The Morgan fingerprint density at radius 1 is 1.53 bits per heavy atom. The largest absolute Gasteiger partial charge is 0.411 e. The first kappa shape index (κ1) is 13.2. The molecular weight excluding hydrogens is 269 g/mol. The lowest BCUT2D eigenvalue weighted by Crippen LogP contribution is -2.12. The van der Waals surface area contributed by atoms with Gasteiger partial charge in [-0.3, -0.25) is 10.1 Å². The van der Waals surface area contributed by atoms with Crippen LogP contribution in [0.3, 0.4) is 0 Å². The van der Waals surface area contributed by atoms with E-state index >= 15 is 0 Å². The normalized spacial score (nSPS) is 11.4. The summed E-state index contributed by atoms with van der Waals surface area (Å²) in [7, 11) is 0. The van der Waals surface area contributed by atoms with Crippen molar-refractivity contribution in [3.05, 3.63) is 46.7 Å². The van der Waals surface area contributed by atoms with Gasteiger partial charge in [-0.05, 0) is 25.1 Å². The number of nitrogens with zero attached hydrogens (tertiary/aromatic N) is 2. The molecule has 0 aliphatic rings. The van der Waals surface area contributed by atoms with Crippen molar-refractivity contribution in [2.45, 2.75) is 6.92 Å². The first-order valence-electron chi connectivity index (χ1n) is 5.31. The van der Waals surface area contributed by atoms with Crippen LogP contribution in [-0.2, 0) is 0 Å². The maximum absolute atomic E-state index is 13.0. The molecule has 0 spiro atoms. The molecule has 2 aromatic rings. The van der Waals surface area contributed by atoms with Crippen LogP contribution in [0.1, 0.15) is 23.0 Å². The molecule has 0 saturated heterocycles. The summed E-state index contributed by atoms with van der Waals surface area (Å²) in [4.78, 5) is 15.9. The molecule has 0 aliphatic carbocycles. The molecule has 98 valence electrons. The van der Waals surface area contributed by atoms with E-state index in [1.54, 1.807) is 12.3 Å². The molecule has 1 amide bonds. The minimum absolute atomic E-state index is 0.212. The second-order valence-corrected chi connectivity index (χ2v) is 4.55. The predicted molar refractivity (Wildman–Crippen MR) is 70.5 cm³/mol. The molecule has 19 heavy (non-hydrogen) atoms. The molecule has 1 aromatic carbocycles. The standard InChI is InChI=1S/C12H10FN3O2S/c1-7(16-18)10-6-19-12(14-10)15-11(17)8-3-2-4-9(13)5-8/h2-6,18H,1H3,(H,14,15,17). The van der Waals surface area contributed by atoms with Crippen LogP contribution in [-0.4, -0.2) is 21.8 Å². The number of amides is 1. The van der Waals surface area contributed by atoms with Crippen molar-refractivity contribution in [2.75, 3.05) is 5.32 Å². The Morgan fingerprint density at radius 2 is 2.32 bits per heavy atom. The maximum atomic E-state index is 13.0. The number of carbonyl (C=O) groups excluding carboxylic acids is 1. The van der Waals surface area contributed by atoms with Gasteiger partial charge in [-0.1, -0.05) is 11.2 Å². The van der Waals surface area contributed by atoms with Crippen molar-refractivity contribution in [1.82, 2.24) is 4.98 Å². The molecular formula is C12H10FN3O2S. The molecule has 0 unspecified atom stereocenters. The Labute approximate surface area is 112 Å². The van der Waals surface area contributed by atoms with E-state index in [1.807, 2.05) is 0 Å². The van der Waals surface area contributed by atoms with Crippen LogP contribution in [0.5, 0.6) is 0 Å². The number of hydrogen-bond donors (Lipinski definition) is 2. The summed E-state index contributed by atoms with van der Waals surface area (Å²) >= 11 is 1.19. The molecule has 7 heteroatoms. The van der Waals surface area contributed by atoms with E-state index in [0.717, 1.165) is 6.07 Å². The Bertz CT molecular complexity index is 639. The van der Waals surface area contributed by atoms with Crippen molar-refractivity contribution in [3.8, 4) is 0 Å². The molecule has 0 aliphatic heterocycles. The number of anilines is 1. The van der Waals surface area contributed by atoms with E-state index in [2.05, 4.69) is 15.5 Å². The van der Waals surface area contributed by atoms with Crippen LogP contribution in [0.2, 0.25) is 0 Å². The molecule has 2 N–H and O–H groups in total. The van der Waals surface area contributed by atoms with Crippen molar-refractivity contribution < 1.29 is 14.4 Å². The molecule has 5 nitrogen and oxygen atoms in total. The number of carbonyl (C=O) groups is 1. The number of benzene rings is 1. The van der Waals surface area contributed by atoms with E-state index in [0.29, 0.717) is 16.5 Å². The third kappa shape index (κ3) is 3.14. The fourth-order valence-corrected chi connectivity index (χ4v) is 2.10. The molecule has 0 bridgehead atoms. The summed E-state index contributed by atoms with van der Waals surface area (Å²) in [5.74, 6) is -0.922. The quantitative estimate of drug-likeness (QED) is 0.515. The molecule has 1 aromatic heterocycles. The van der Waals surface area contributed by atoms with Gasteiger partial charge in [0.15, 0.2) is 5.13 Å². The minimum Gasteiger partial charge on any atom is -0.411 e. The zero-order chi connectivity index (χ0) is 13.8. The van der Waals surface area contributed by atoms with E-state index in [4.69, 9.17) is 5.21 Å². The smallest absolute Gasteiger partial charge is 0.257 e. The number of aromatic nitrogens is 1. The summed E-state index contributed by atoms with van der Waals surface area (Å²) in [5.41, 5.74) is 1.04. The van der Waals surface area contributed by atoms with Gasteiger partial charge in [-0.25, -0.2) is 9.37 Å². The van der Waals surface area contributed by atoms with Gasteiger partial charge in [0.1, 0.15) is 17.2 Å². The highest BCUT2D eigenvalue weighted by Gasteiger charge is 2.10. The zero-order valence-corrected chi connectivity index (χ0v) is 10.7. The predicted octanol–water partition coefficient (Wildman–Crippen LogP) is 2.73. The van der Waals surface area contributed by atoms with Gasteiger partial charge in [-0.2, -0.15) is 0 Å². The summed E-state index contributed by atoms with van der Waals surface area (Å²) in [6.07, 6.45) is 0. The van der Waals surface area contributed by atoms with Crippen molar-refractivity contribution >= 4 is 28.1 Å². The van der Waals surface area contributed by atoms with Gasteiger partial charge in [0.05, 0.1) is 0 Å². The Kier molecular flexibility index (Phi) is 3.86. The van der Waals surface area contributed by atoms with Gasteiger partial charge in [-0.15, -0.1) is 11.3 Å². The summed E-state index contributed by atoms with van der Waals surface area (Å²) < 4.78 is 13.0. The van der Waals surface area contributed by atoms with Crippen molar-refractivity contribution in [1.29, 1.82) is 0 Å². The second kappa shape index (κ2) is 5.57. The number of rotatable bonds is 3. The molecule has 0 saturated carbocycles. The SMILES string of the molecule is CC(=NO)c1csc(NC(=O)c2cccc(F)c2)n1. The first-order valence-corrected chi connectivity index (χ1v) is 6.19. The van der Waals surface area contributed by atoms with Gasteiger partial charge >= 0.3 is 0 Å². The second-order valence-electron chi connectivity index (χ2n) is 3.69. The molecule has 0 radical (unpaired) electrons. The van der Waals surface area contributed by atoms with E-state index < -0.39 is 11.7 Å². The third-order valence-electron chi connectivity index (χ3n) is 2.33. The molecule has 1 heterocycles. The Morgan fingerprint density at radius 3 is 3.00 bits per heavy atom. The Balaban J connectivity index is 2.13. The lowest BCUT2D eigenvalue weighted by molar-refractivity contribution is 0.102. The number of hydrogen-bond acceptors (Lipinski definition) is 5. The van der Waals surface area contributed by atoms with Crippen LogP contribution in [0.15, 0.2) is 34.8 Å². The van der Waals surface area contributed by atoms with Gasteiger partial charge in [0, 0.05) is 10.9 Å². The Hall–Kier alpha value is -2.28. The fourth-order valence-electron chi connectivity index (χ4n) is 1.35. The molecule has 0 fully saturated rings. The van der Waals surface area contributed by atoms with Crippen LogP contribution < -0.4 is 5.32 Å². The molecule has 2 rings (SSSR count). The lowest BCUT2D eigenvalue weighted by atomic mass is 10.2. The van der Waals surface area contributed by atoms with Crippen LogP contribution in [0.4, 0.5) is 9.52 Å². The average molecular weight is 279 g/mol. The number of halogens is 1. The number of oxime groups is 1. The monoisotopic (exact) mass is 279 g/mol. The van der Waals surface area contributed by atoms with Gasteiger partial charge in [0.25, 0.3) is 5.91 Å². The molecule has 0 atom stereocenters. The summed E-state index contributed by atoms with van der Waals surface area (Å²) in [5, 5.41) is 16.2. The maximum Gasteiger partial charge on any atom is 0.257 e. The first-order chi connectivity index (χ1) is 9.10. The summed E-state index contributed by atoms with van der Waals surface area (Å²) in [6, 6.07) is 5.37. The van der Waals surface area contributed by atoms with E-state index in [-0.39, 0.29) is 5.56 Å². The van der Waals surface area contributed by atoms with Gasteiger partial charge in [0.2, 0.25) is 0 Å².